The first-order chi connectivity index (χ1) is 14.0. The second kappa shape index (κ2) is 9.59. The van der Waals surface area contributed by atoms with Gasteiger partial charge in [-0.1, -0.05) is 65.7 Å². The number of ether oxygens (including phenoxy) is 1. The van der Waals surface area contributed by atoms with Crippen LogP contribution in [0.3, 0.4) is 0 Å². The SMILES string of the molecule is Cc1cccc(COc2ccc(/C=C(\C#N)C(=O)Nc3ccccc3)cc2Cl)c1. The van der Waals surface area contributed by atoms with Gasteiger partial charge in [0.15, 0.2) is 0 Å². The van der Waals surface area contributed by atoms with Crippen molar-refractivity contribution in [1.82, 2.24) is 0 Å². The van der Waals surface area contributed by atoms with Crippen molar-refractivity contribution < 1.29 is 9.53 Å². The molecule has 3 rings (SSSR count). The number of nitrogens with one attached hydrogen (secondary N) is 1. The molecule has 1 N–H and O–H groups in total. The molecule has 0 heterocycles. The van der Waals surface area contributed by atoms with Crippen LogP contribution in [0.15, 0.2) is 78.4 Å². The van der Waals surface area contributed by atoms with Crippen molar-refractivity contribution in [3.8, 4) is 11.8 Å². The smallest absolute Gasteiger partial charge is 0.266 e. The molecular weight excluding hydrogens is 384 g/mol. The number of anilines is 1. The van der Waals surface area contributed by atoms with Crippen LogP contribution >= 0.6 is 11.6 Å². The molecule has 3 aromatic rings. The first-order valence-electron chi connectivity index (χ1n) is 9.01. The molecule has 0 saturated heterocycles. The Morgan fingerprint density at radius 2 is 1.90 bits per heavy atom. The molecule has 29 heavy (non-hydrogen) atoms. The highest BCUT2D eigenvalue weighted by molar-refractivity contribution is 6.32. The van der Waals surface area contributed by atoms with Crippen molar-refractivity contribution in [3.63, 3.8) is 0 Å². The summed E-state index contributed by atoms with van der Waals surface area (Å²) < 4.78 is 5.79. The topological polar surface area (TPSA) is 62.1 Å². The van der Waals surface area contributed by atoms with Gasteiger partial charge in [0.25, 0.3) is 5.91 Å². The van der Waals surface area contributed by atoms with Gasteiger partial charge in [0.2, 0.25) is 0 Å². The maximum absolute atomic E-state index is 12.3. The third kappa shape index (κ3) is 5.71. The lowest BCUT2D eigenvalue weighted by Gasteiger charge is -2.09. The number of rotatable bonds is 6. The summed E-state index contributed by atoms with van der Waals surface area (Å²) in [5.41, 5.74) is 3.46. The van der Waals surface area contributed by atoms with Gasteiger partial charge in [-0.25, -0.2) is 0 Å². The van der Waals surface area contributed by atoms with Crippen LogP contribution in [0.1, 0.15) is 16.7 Å². The lowest BCUT2D eigenvalue weighted by Crippen LogP contribution is -2.13. The van der Waals surface area contributed by atoms with Gasteiger partial charge in [-0.05, 0) is 48.4 Å². The third-order valence-corrected chi connectivity index (χ3v) is 4.44. The minimum atomic E-state index is -0.477. The maximum atomic E-state index is 12.3. The zero-order valence-corrected chi connectivity index (χ0v) is 16.6. The quantitative estimate of drug-likeness (QED) is 0.420. The van der Waals surface area contributed by atoms with Crippen molar-refractivity contribution in [2.75, 3.05) is 5.32 Å². The predicted octanol–water partition coefficient (Wildman–Crippen LogP) is 5.77. The molecule has 0 fully saturated rings. The van der Waals surface area contributed by atoms with E-state index in [1.54, 1.807) is 42.5 Å². The Bertz CT molecular complexity index is 1090. The number of carbonyl (C=O) groups excluding carboxylic acids is 1. The minimum absolute atomic E-state index is 0.0154. The standard InChI is InChI=1S/C24H19ClN2O2/c1-17-6-5-7-19(12-17)16-29-23-11-10-18(14-22(23)25)13-20(15-26)24(28)27-21-8-3-2-4-9-21/h2-14H,16H2,1H3,(H,27,28)/b20-13+. The van der Waals surface area contributed by atoms with E-state index >= 15 is 0 Å². The summed E-state index contributed by atoms with van der Waals surface area (Å²) in [6, 6.07) is 24.1. The van der Waals surface area contributed by atoms with E-state index in [4.69, 9.17) is 16.3 Å². The van der Waals surface area contributed by atoms with Crippen LogP contribution in [-0.2, 0) is 11.4 Å². The van der Waals surface area contributed by atoms with Gasteiger partial charge >= 0.3 is 0 Å². The summed E-state index contributed by atoms with van der Waals surface area (Å²) in [5, 5.41) is 12.5. The molecule has 5 heteroatoms. The molecule has 144 valence electrons. The third-order valence-electron chi connectivity index (χ3n) is 4.14. The van der Waals surface area contributed by atoms with Crippen LogP contribution in [0.2, 0.25) is 5.02 Å². The van der Waals surface area contributed by atoms with Crippen LogP contribution in [0.4, 0.5) is 5.69 Å². The van der Waals surface area contributed by atoms with Gasteiger partial charge in [0.1, 0.15) is 24.0 Å². The summed E-state index contributed by atoms with van der Waals surface area (Å²) in [7, 11) is 0. The molecule has 1 amide bonds. The fraction of sp³-hybridized carbons (Fsp3) is 0.0833. The average Bonchev–Trinajstić information content (AvgIpc) is 2.72. The molecule has 0 aromatic heterocycles. The highest BCUT2D eigenvalue weighted by Crippen LogP contribution is 2.27. The molecule has 4 nitrogen and oxygen atoms in total. The van der Waals surface area contributed by atoms with Gasteiger partial charge < -0.3 is 10.1 Å². The lowest BCUT2D eigenvalue weighted by atomic mass is 10.1. The largest absolute Gasteiger partial charge is 0.487 e. The highest BCUT2D eigenvalue weighted by atomic mass is 35.5. The summed E-state index contributed by atoms with van der Waals surface area (Å²) in [5.74, 6) is 0.0622. The number of para-hydroxylation sites is 1. The van der Waals surface area contributed by atoms with E-state index in [0.29, 0.717) is 28.6 Å². The van der Waals surface area contributed by atoms with E-state index in [1.165, 1.54) is 6.08 Å². The van der Waals surface area contributed by atoms with Crippen LogP contribution in [0.25, 0.3) is 6.08 Å². The monoisotopic (exact) mass is 402 g/mol. The van der Waals surface area contributed by atoms with E-state index in [0.717, 1.165) is 11.1 Å². The van der Waals surface area contributed by atoms with E-state index < -0.39 is 5.91 Å². The van der Waals surface area contributed by atoms with Gasteiger partial charge in [-0.2, -0.15) is 5.26 Å². The summed E-state index contributed by atoms with van der Waals surface area (Å²) >= 11 is 6.33. The zero-order valence-electron chi connectivity index (χ0n) is 15.9. The van der Waals surface area contributed by atoms with Crippen molar-refractivity contribution >= 4 is 29.3 Å². The Kier molecular flexibility index (Phi) is 6.67. The highest BCUT2D eigenvalue weighted by Gasteiger charge is 2.10. The van der Waals surface area contributed by atoms with Crippen LogP contribution < -0.4 is 10.1 Å². The number of hydrogen-bond donors (Lipinski definition) is 1. The van der Waals surface area contributed by atoms with E-state index in [-0.39, 0.29) is 5.57 Å². The predicted molar refractivity (Wildman–Crippen MR) is 116 cm³/mol. The van der Waals surface area contributed by atoms with Gasteiger partial charge in [0, 0.05) is 5.69 Å². The Labute approximate surface area is 175 Å². The molecule has 3 aromatic carbocycles. The van der Waals surface area contributed by atoms with Gasteiger partial charge in [-0.15, -0.1) is 0 Å². The zero-order chi connectivity index (χ0) is 20.6. The van der Waals surface area contributed by atoms with E-state index in [2.05, 4.69) is 11.4 Å². The Morgan fingerprint density at radius 3 is 2.59 bits per heavy atom. The summed E-state index contributed by atoms with van der Waals surface area (Å²) in [6.45, 7) is 2.43. The number of benzene rings is 3. The van der Waals surface area contributed by atoms with E-state index in [9.17, 15) is 10.1 Å². The Balaban J connectivity index is 1.71. The molecule has 0 atom stereocenters. The Hall–Kier alpha value is -3.55. The van der Waals surface area contributed by atoms with Crippen LogP contribution in [-0.4, -0.2) is 5.91 Å². The number of hydrogen-bond acceptors (Lipinski definition) is 3. The van der Waals surface area contributed by atoms with Gasteiger partial charge in [-0.3, -0.25) is 4.79 Å². The van der Waals surface area contributed by atoms with Crippen LogP contribution in [0.5, 0.6) is 5.75 Å². The Morgan fingerprint density at radius 1 is 1.10 bits per heavy atom. The number of nitrogens with zero attached hydrogens (tertiary/aromatic N) is 1. The van der Waals surface area contributed by atoms with E-state index in [1.807, 2.05) is 37.3 Å². The molecular formula is C24H19ClN2O2. The lowest BCUT2D eigenvalue weighted by molar-refractivity contribution is -0.112. The molecule has 0 aliphatic heterocycles. The first kappa shape index (κ1) is 20.2. The fourth-order valence-corrected chi connectivity index (χ4v) is 2.97. The molecule has 0 bridgehead atoms. The van der Waals surface area contributed by atoms with Crippen molar-refractivity contribution in [2.24, 2.45) is 0 Å². The van der Waals surface area contributed by atoms with Gasteiger partial charge in [0.05, 0.1) is 5.02 Å². The number of carbonyl (C=O) groups is 1. The second-order valence-electron chi connectivity index (χ2n) is 6.46. The summed E-state index contributed by atoms with van der Waals surface area (Å²) in [6.07, 6.45) is 1.49. The summed E-state index contributed by atoms with van der Waals surface area (Å²) in [4.78, 5) is 12.3. The average molecular weight is 403 g/mol. The van der Waals surface area contributed by atoms with Crippen molar-refractivity contribution in [1.29, 1.82) is 5.26 Å². The number of halogens is 1. The molecule has 0 aliphatic rings. The molecule has 0 saturated carbocycles. The first-order valence-corrected chi connectivity index (χ1v) is 9.39. The molecule has 0 aliphatic carbocycles. The van der Waals surface area contributed by atoms with Crippen LogP contribution in [0, 0.1) is 18.3 Å². The number of aryl methyl sites for hydroxylation is 1. The molecule has 0 spiro atoms. The fourth-order valence-electron chi connectivity index (χ4n) is 2.72. The molecule has 0 unspecified atom stereocenters. The second-order valence-corrected chi connectivity index (χ2v) is 6.86. The minimum Gasteiger partial charge on any atom is -0.487 e. The van der Waals surface area contributed by atoms with Crippen molar-refractivity contribution in [3.05, 3.63) is 100 Å². The number of nitriles is 1. The van der Waals surface area contributed by atoms with Crippen molar-refractivity contribution in [2.45, 2.75) is 13.5 Å². The normalized spacial score (nSPS) is 10.9. The number of amides is 1. The molecule has 0 radical (unpaired) electrons. The maximum Gasteiger partial charge on any atom is 0.266 e.